The number of benzene rings is 1. The largest absolute Gasteiger partial charge is 0.493 e. The van der Waals surface area contributed by atoms with E-state index in [-0.39, 0.29) is 0 Å². The van der Waals surface area contributed by atoms with Crippen LogP contribution in [-0.2, 0) is 0 Å². The van der Waals surface area contributed by atoms with Crippen LogP contribution >= 0.6 is 0 Å². The molecule has 0 N–H and O–H groups in total. The third-order valence-corrected chi connectivity index (χ3v) is 3.61. The van der Waals surface area contributed by atoms with Crippen LogP contribution in [0, 0.1) is 6.92 Å². The fourth-order valence-corrected chi connectivity index (χ4v) is 2.23. The van der Waals surface area contributed by atoms with E-state index in [1.807, 2.05) is 6.07 Å². The Labute approximate surface area is 118 Å². The quantitative estimate of drug-likeness (QED) is 0.584. The Morgan fingerprint density at radius 2 is 1.63 bits per heavy atom. The third-order valence-electron chi connectivity index (χ3n) is 3.61. The normalized spacial score (nSPS) is 10.9. The molecule has 2 nitrogen and oxygen atoms in total. The maximum absolute atomic E-state index is 5.80. The van der Waals surface area contributed by atoms with Crippen molar-refractivity contribution in [1.82, 2.24) is 4.90 Å². The summed E-state index contributed by atoms with van der Waals surface area (Å²) in [5, 5.41) is 0. The summed E-state index contributed by atoms with van der Waals surface area (Å²) in [6, 6.07) is 8.23. The molecule has 0 saturated heterocycles. The number of hydrogen-bond donors (Lipinski definition) is 0. The molecule has 0 amide bonds. The lowest BCUT2D eigenvalue weighted by molar-refractivity contribution is 0.284. The molecule has 0 unspecified atom stereocenters. The minimum absolute atomic E-state index is 0.843. The van der Waals surface area contributed by atoms with E-state index >= 15 is 0 Å². The van der Waals surface area contributed by atoms with Gasteiger partial charge in [0.1, 0.15) is 5.75 Å². The molecule has 1 aromatic rings. The first-order valence-electron chi connectivity index (χ1n) is 7.68. The molecule has 1 rings (SSSR count). The summed E-state index contributed by atoms with van der Waals surface area (Å²) in [7, 11) is 0. The Morgan fingerprint density at radius 3 is 2.32 bits per heavy atom. The lowest BCUT2D eigenvalue weighted by atomic mass is 10.2. The Kier molecular flexibility index (Phi) is 8.31. The Bertz CT molecular complexity index is 334. The van der Waals surface area contributed by atoms with E-state index in [0.29, 0.717) is 0 Å². The van der Waals surface area contributed by atoms with Crippen LogP contribution in [0.15, 0.2) is 24.3 Å². The highest BCUT2D eigenvalue weighted by Gasteiger charge is 1.99. The zero-order valence-electron chi connectivity index (χ0n) is 12.8. The topological polar surface area (TPSA) is 12.5 Å². The Morgan fingerprint density at radius 1 is 0.947 bits per heavy atom. The van der Waals surface area contributed by atoms with Gasteiger partial charge in [-0.3, -0.25) is 0 Å². The van der Waals surface area contributed by atoms with E-state index < -0.39 is 0 Å². The van der Waals surface area contributed by atoms with Gasteiger partial charge in [-0.2, -0.15) is 0 Å². The minimum Gasteiger partial charge on any atom is -0.493 e. The second kappa shape index (κ2) is 9.85. The summed E-state index contributed by atoms with van der Waals surface area (Å²) in [4.78, 5) is 2.49. The van der Waals surface area contributed by atoms with Crippen LogP contribution in [0.1, 0.15) is 45.1 Å². The maximum Gasteiger partial charge on any atom is 0.122 e. The van der Waals surface area contributed by atoms with E-state index in [1.54, 1.807) is 0 Å². The molecule has 0 aromatic heterocycles. The van der Waals surface area contributed by atoms with Gasteiger partial charge in [0.15, 0.2) is 0 Å². The third kappa shape index (κ3) is 6.63. The minimum atomic E-state index is 0.843. The molecule has 1 aromatic carbocycles. The van der Waals surface area contributed by atoms with Crippen molar-refractivity contribution in [1.29, 1.82) is 0 Å². The van der Waals surface area contributed by atoms with E-state index in [0.717, 1.165) is 18.8 Å². The standard InChI is InChI=1S/C17H29NO/c1-4-18(5-2)14-10-6-7-11-15-19-17-13-9-8-12-16(17)3/h8-9,12-13H,4-7,10-11,14-15H2,1-3H3. The zero-order chi connectivity index (χ0) is 13.9. The van der Waals surface area contributed by atoms with Crippen LogP contribution in [0.3, 0.4) is 0 Å². The number of ether oxygens (including phenoxy) is 1. The smallest absolute Gasteiger partial charge is 0.122 e. The SMILES string of the molecule is CCN(CC)CCCCCCOc1ccccc1C. The average molecular weight is 263 g/mol. The van der Waals surface area contributed by atoms with E-state index in [4.69, 9.17) is 4.74 Å². The first kappa shape index (κ1) is 16.0. The molecule has 108 valence electrons. The van der Waals surface area contributed by atoms with Gasteiger partial charge in [0.2, 0.25) is 0 Å². The lowest BCUT2D eigenvalue weighted by Gasteiger charge is -2.17. The Balaban J connectivity index is 2.01. The summed E-state index contributed by atoms with van der Waals surface area (Å²) in [5.74, 6) is 1.03. The molecular weight excluding hydrogens is 234 g/mol. The molecule has 0 saturated carbocycles. The fourth-order valence-electron chi connectivity index (χ4n) is 2.23. The summed E-state index contributed by atoms with van der Waals surface area (Å²) in [6.07, 6.45) is 5.05. The van der Waals surface area contributed by atoms with Crippen molar-refractivity contribution in [3.05, 3.63) is 29.8 Å². The van der Waals surface area contributed by atoms with Crippen LogP contribution in [0.4, 0.5) is 0 Å². The predicted octanol–water partition coefficient (Wildman–Crippen LogP) is 4.28. The molecule has 0 aliphatic rings. The number of unbranched alkanes of at least 4 members (excludes halogenated alkanes) is 3. The Hall–Kier alpha value is -1.02. The van der Waals surface area contributed by atoms with Gasteiger partial charge in [0.05, 0.1) is 6.61 Å². The van der Waals surface area contributed by atoms with E-state index in [1.165, 1.54) is 44.5 Å². The van der Waals surface area contributed by atoms with Crippen molar-refractivity contribution in [2.75, 3.05) is 26.2 Å². The van der Waals surface area contributed by atoms with Gasteiger partial charge in [-0.15, -0.1) is 0 Å². The van der Waals surface area contributed by atoms with Crippen molar-refractivity contribution in [2.45, 2.75) is 46.5 Å². The summed E-state index contributed by atoms with van der Waals surface area (Å²) < 4.78 is 5.80. The van der Waals surface area contributed by atoms with Crippen LogP contribution in [0.5, 0.6) is 5.75 Å². The molecule has 0 aliphatic heterocycles. The van der Waals surface area contributed by atoms with Gasteiger partial charge in [-0.05, 0) is 51.0 Å². The number of rotatable bonds is 10. The van der Waals surface area contributed by atoms with Crippen molar-refractivity contribution in [3.63, 3.8) is 0 Å². The van der Waals surface area contributed by atoms with E-state index in [9.17, 15) is 0 Å². The van der Waals surface area contributed by atoms with Crippen molar-refractivity contribution in [3.8, 4) is 5.75 Å². The second-order valence-electron chi connectivity index (χ2n) is 5.06. The first-order chi connectivity index (χ1) is 9.27. The fraction of sp³-hybridized carbons (Fsp3) is 0.647. The summed E-state index contributed by atoms with van der Waals surface area (Å²) in [6.45, 7) is 11.0. The first-order valence-corrected chi connectivity index (χ1v) is 7.68. The highest BCUT2D eigenvalue weighted by Crippen LogP contribution is 2.16. The van der Waals surface area contributed by atoms with Gasteiger partial charge in [0, 0.05) is 0 Å². The van der Waals surface area contributed by atoms with Crippen LogP contribution in [0.2, 0.25) is 0 Å². The zero-order valence-corrected chi connectivity index (χ0v) is 12.8. The molecule has 2 heteroatoms. The van der Waals surface area contributed by atoms with Gasteiger partial charge in [-0.25, -0.2) is 0 Å². The van der Waals surface area contributed by atoms with Gasteiger partial charge < -0.3 is 9.64 Å². The molecule has 0 heterocycles. The van der Waals surface area contributed by atoms with Crippen LogP contribution < -0.4 is 4.74 Å². The highest BCUT2D eigenvalue weighted by atomic mass is 16.5. The maximum atomic E-state index is 5.80. The number of aryl methyl sites for hydroxylation is 1. The molecule has 19 heavy (non-hydrogen) atoms. The molecular formula is C17H29NO. The highest BCUT2D eigenvalue weighted by molar-refractivity contribution is 5.31. The predicted molar refractivity (Wildman–Crippen MR) is 82.9 cm³/mol. The van der Waals surface area contributed by atoms with Crippen LogP contribution in [0.25, 0.3) is 0 Å². The number of hydrogen-bond acceptors (Lipinski definition) is 2. The van der Waals surface area contributed by atoms with Gasteiger partial charge in [-0.1, -0.05) is 44.9 Å². The van der Waals surface area contributed by atoms with Crippen molar-refractivity contribution in [2.24, 2.45) is 0 Å². The molecule has 0 bridgehead atoms. The van der Waals surface area contributed by atoms with E-state index in [2.05, 4.69) is 43.9 Å². The molecule has 0 radical (unpaired) electrons. The number of para-hydroxylation sites is 1. The lowest BCUT2D eigenvalue weighted by Crippen LogP contribution is -2.23. The molecule has 0 fully saturated rings. The van der Waals surface area contributed by atoms with Gasteiger partial charge in [0.25, 0.3) is 0 Å². The van der Waals surface area contributed by atoms with Crippen molar-refractivity contribution < 1.29 is 4.74 Å². The second-order valence-corrected chi connectivity index (χ2v) is 5.06. The molecule has 0 atom stereocenters. The van der Waals surface area contributed by atoms with Gasteiger partial charge >= 0.3 is 0 Å². The van der Waals surface area contributed by atoms with Crippen LogP contribution in [-0.4, -0.2) is 31.1 Å². The number of nitrogens with zero attached hydrogens (tertiary/aromatic N) is 1. The summed E-state index contributed by atoms with van der Waals surface area (Å²) in [5.41, 5.74) is 1.23. The monoisotopic (exact) mass is 263 g/mol. The summed E-state index contributed by atoms with van der Waals surface area (Å²) >= 11 is 0. The average Bonchev–Trinajstić information content (AvgIpc) is 2.44. The van der Waals surface area contributed by atoms with Crippen molar-refractivity contribution >= 4 is 0 Å². The molecule has 0 spiro atoms. The molecule has 0 aliphatic carbocycles.